The Bertz CT molecular complexity index is 572. The zero-order valence-electron chi connectivity index (χ0n) is 10.8. The SMILES string of the molecule is O=C(Cc1ccccc1)NC(=S)NNc1ccccc1. The Morgan fingerprint density at radius 2 is 1.55 bits per heavy atom. The number of anilines is 1. The lowest BCUT2D eigenvalue weighted by atomic mass is 10.1. The van der Waals surface area contributed by atoms with Crippen molar-refractivity contribution in [3.05, 3.63) is 66.2 Å². The summed E-state index contributed by atoms with van der Waals surface area (Å²) in [7, 11) is 0. The maximum atomic E-state index is 11.8. The molecule has 0 saturated heterocycles. The fraction of sp³-hybridized carbons (Fsp3) is 0.0667. The molecule has 1 amide bonds. The second-order valence-electron chi connectivity index (χ2n) is 4.16. The summed E-state index contributed by atoms with van der Waals surface area (Å²) >= 11 is 5.04. The smallest absolute Gasteiger partial charge is 0.230 e. The molecule has 20 heavy (non-hydrogen) atoms. The van der Waals surface area contributed by atoms with Crippen molar-refractivity contribution in [2.75, 3.05) is 5.43 Å². The minimum absolute atomic E-state index is 0.149. The molecule has 4 nitrogen and oxygen atoms in total. The van der Waals surface area contributed by atoms with E-state index in [-0.39, 0.29) is 11.0 Å². The summed E-state index contributed by atoms with van der Waals surface area (Å²) in [6, 6.07) is 19.0. The number of hydrogen-bond donors (Lipinski definition) is 3. The number of thiocarbonyl (C=S) groups is 1. The topological polar surface area (TPSA) is 53.2 Å². The Morgan fingerprint density at radius 1 is 0.950 bits per heavy atom. The van der Waals surface area contributed by atoms with Gasteiger partial charge in [0.15, 0.2) is 5.11 Å². The van der Waals surface area contributed by atoms with Crippen LogP contribution in [-0.2, 0) is 11.2 Å². The molecular weight excluding hydrogens is 270 g/mol. The number of para-hydroxylation sites is 1. The van der Waals surface area contributed by atoms with Crippen LogP contribution in [0.1, 0.15) is 5.56 Å². The van der Waals surface area contributed by atoms with Gasteiger partial charge in [-0.15, -0.1) is 0 Å². The Kier molecular flexibility index (Phi) is 5.08. The Labute approximate surface area is 123 Å². The van der Waals surface area contributed by atoms with E-state index >= 15 is 0 Å². The van der Waals surface area contributed by atoms with Gasteiger partial charge in [0.1, 0.15) is 0 Å². The van der Waals surface area contributed by atoms with Gasteiger partial charge in [0.25, 0.3) is 0 Å². The molecule has 0 spiro atoms. The second kappa shape index (κ2) is 7.25. The van der Waals surface area contributed by atoms with Crippen LogP contribution in [0.5, 0.6) is 0 Å². The standard InChI is InChI=1S/C15H15N3OS/c19-14(11-12-7-3-1-4-8-12)16-15(20)18-17-13-9-5-2-6-10-13/h1-10,17H,11H2,(H2,16,18,19,20). The Balaban J connectivity index is 1.75. The van der Waals surface area contributed by atoms with Gasteiger partial charge in [-0.3, -0.25) is 15.6 Å². The lowest BCUT2D eigenvalue weighted by molar-refractivity contribution is -0.119. The second-order valence-corrected chi connectivity index (χ2v) is 4.56. The molecule has 2 rings (SSSR count). The summed E-state index contributed by atoms with van der Waals surface area (Å²) in [5.41, 5.74) is 7.49. The number of nitrogens with one attached hydrogen (secondary N) is 3. The molecule has 3 N–H and O–H groups in total. The minimum atomic E-state index is -0.149. The molecule has 0 radical (unpaired) electrons. The van der Waals surface area contributed by atoms with Crippen molar-refractivity contribution in [2.24, 2.45) is 0 Å². The molecule has 0 bridgehead atoms. The number of carbonyl (C=O) groups is 1. The summed E-state index contributed by atoms with van der Waals surface area (Å²) in [6.45, 7) is 0. The lowest BCUT2D eigenvalue weighted by Gasteiger charge is -2.11. The normalized spacial score (nSPS) is 9.60. The lowest BCUT2D eigenvalue weighted by Crippen LogP contribution is -2.42. The number of hydrogen-bond acceptors (Lipinski definition) is 3. The van der Waals surface area contributed by atoms with Crippen molar-refractivity contribution in [3.63, 3.8) is 0 Å². The van der Waals surface area contributed by atoms with Crippen LogP contribution in [0.4, 0.5) is 5.69 Å². The molecule has 0 aromatic heterocycles. The van der Waals surface area contributed by atoms with Crippen molar-refractivity contribution in [2.45, 2.75) is 6.42 Å². The molecule has 0 aliphatic rings. The number of hydrazine groups is 1. The highest BCUT2D eigenvalue weighted by atomic mass is 32.1. The largest absolute Gasteiger partial charge is 0.302 e. The predicted octanol–water partition coefficient (Wildman–Crippen LogP) is 2.25. The molecule has 102 valence electrons. The fourth-order valence-electron chi connectivity index (χ4n) is 1.63. The molecule has 0 aliphatic heterocycles. The highest BCUT2D eigenvalue weighted by Gasteiger charge is 2.05. The maximum Gasteiger partial charge on any atom is 0.230 e. The summed E-state index contributed by atoms with van der Waals surface area (Å²) in [5, 5.41) is 2.86. The first-order valence-electron chi connectivity index (χ1n) is 6.19. The number of rotatable bonds is 4. The van der Waals surface area contributed by atoms with Gasteiger partial charge in [-0.2, -0.15) is 0 Å². The van der Waals surface area contributed by atoms with Crippen molar-refractivity contribution in [1.82, 2.24) is 10.7 Å². The van der Waals surface area contributed by atoms with Crippen LogP contribution >= 0.6 is 12.2 Å². The first-order valence-corrected chi connectivity index (χ1v) is 6.59. The molecule has 0 unspecified atom stereocenters. The average molecular weight is 285 g/mol. The van der Waals surface area contributed by atoms with E-state index in [0.29, 0.717) is 6.42 Å². The fourth-order valence-corrected chi connectivity index (χ4v) is 1.80. The molecular formula is C15H15N3OS. The van der Waals surface area contributed by atoms with E-state index in [2.05, 4.69) is 16.2 Å². The molecule has 5 heteroatoms. The van der Waals surface area contributed by atoms with Crippen LogP contribution in [0.3, 0.4) is 0 Å². The first-order chi connectivity index (χ1) is 9.74. The van der Waals surface area contributed by atoms with E-state index < -0.39 is 0 Å². The van der Waals surface area contributed by atoms with Crippen LogP contribution in [0.25, 0.3) is 0 Å². The molecule has 0 atom stereocenters. The molecule has 0 heterocycles. The van der Waals surface area contributed by atoms with Gasteiger partial charge < -0.3 is 5.32 Å². The number of benzene rings is 2. The van der Waals surface area contributed by atoms with Gasteiger partial charge >= 0.3 is 0 Å². The average Bonchev–Trinajstić information content (AvgIpc) is 2.47. The highest BCUT2D eigenvalue weighted by molar-refractivity contribution is 7.80. The summed E-state index contributed by atoms with van der Waals surface area (Å²) < 4.78 is 0. The van der Waals surface area contributed by atoms with Crippen molar-refractivity contribution in [3.8, 4) is 0 Å². The van der Waals surface area contributed by atoms with Gasteiger partial charge in [-0.25, -0.2) is 0 Å². The van der Waals surface area contributed by atoms with E-state index in [1.165, 1.54) is 0 Å². The van der Waals surface area contributed by atoms with Crippen molar-refractivity contribution in [1.29, 1.82) is 0 Å². The predicted molar refractivity (Wildman–Crippen MR) is 84.1 cm³/mol. The highest BCUT2D eigenvalue weighted by Crippen LogP contribution is 2.02. The van der Waals surface area contributed by atoms with Crippen LogP contribution in [0.2, 0.25) is 0 Å². The van der Waals surface area contributed by atoms with Crippen LogP contribution in [0, 0.1) is 0 Å². The molecule has 2 aromatic carbocycles. The Morgan fingerprint density at radius 3 is 2.20 bits per heavy atom. The molecule has 0 fully saturated rings. The zero-order valence-corrected chi connectivity index (χ0v) is 11.6. The Hall–Kier alpha value is -2.40. The van der Waals surface area contributed by atoms with Gasteiger partial charge in [-0.05, 0) is 29.9 Å². The van der Waals surface area contributed by atoms with E-state index in [0.717, 1.165) is 11.3 Å². The quantitative estimate of drug-likeness (QED) is 0.596. The zero-order chi connectivity index (χ0) is 14.2. The van der Waals surface area contributed by atoms with Crippen molar-refractivity contribution < 1.29 is 4.79 Å². The van der Waals surface area contributed by atoms with Crippen LogP contribution < -0.4 is 16.2 Å². The third kappa shape index (κ3) is 4.70. The third-order valence-corrected chi connectivity index (χ3v) is 2.76. The number of amides is 1. The molecule has 2 aromatic rings. The third-order valence-electron chi connectivity index (χ3n) is 2.55. The van der Waals surface area contributed by atoms with Crippen LogP contribution in [0.15, 0.2) is 60.7 Å². The van der Waals surface area contributed by atoms with Gasteiger partial charge in [0.2, 0.25) is 5.91 Å². The first kappa shape index (κ1) is 14.0. The van der Waals surface area contributed by atoms with E-state index in [1.54, 1.807) is 0 Å². The summed E-state index contributed by atoms with van der Waals surface area (Å²) in [6.07, 6.45) is 0.300. The van der Waals surface area contributed by atoms with E-state index in [9.17, 15) is 4.79 Å². The van der Waals surface area contributed by atoms with E-state index in [1.807, 2.05) is 60.7 Å². The molecule has 0 saturated carbocycles. The number of carbonyl (C=O) groups excluding carboxylic acids is 1. The van der Waals surface area contributed by atoms with Gasteiger partial charge in [0.05, 0.1) is 12.1 Å². The van der Waals surface area contributed by atoms with Crippen LogP contribution in [-0.4, -0.2) is 11.0 Å². The van der Waals surface area contributed by atoms with Gasteiger partial charge in [-0.1, -0.05) is 48.5 Å². The molecule has 0 aliphatic carbocycles. The van der Waals surface area contributed by atoms with E-state index in [4.69, 9.17) is 12.2 Å². The summed E-state index contributed by atoms with van der Waals surface area (Å²) in [5.74, 6) is -0.149. The minimum Gasteiger partial charge on any atom is -0.302 e. The monoisotopic (exact) mass is 285 g/mol. The van der Waals surface area contributed by atoms with Gasteiger partial charge in [0, 0.05) is 0 Å². The summed E-state index contributed by atoms with van der Waals surface area (Å²) in [4.78, 5) is 11.8. The van der Waals surface area contributed by atoms with Crippen molar-refractivity contribution >= 4 is 28.9 Å². The maximum absolute atomic E-state index is 11.8.